The van der Waals surface area contributed by atoms with E-state index < -0.39 is 23.6 Å². The molecule has 0 aliphatic rings. The Bertz CT molecular complexity index is 397. The highest BCUT2D eigenvalue weighted by atomic mass is 19.2. The van der Waals surface area contributed by atoms with Gasteiger partial charge in [-0.3, -0.25) is 0 Å². The van der Waals surface area contributed by atoms with Crippen LogP contribution in [0.2, 0.25) is 0 Å². The number of hydrogen-bond acceptors (Lipinski definition) is 1. The molecule has 1 rings (SSSR count). The van der Waals surface area contributed by atoms with Crippen LogP contribution < -0.4 is 0 Å². The maximum absolute atomic E-state index is 13.1. The molecule has 4 heteroatoms. The highest BCUT2D eigenvalue weighted by Crippen LogP contribution is 2.23. The van der Waals surface area contributed by atoms with Gasteiger partial charge < -0.3 is 5.11 Å². The Morgan fingerprint density at radius 1 is 0.857 bits per heavy atom. The summed E-state index contributed by atoms with van der Waals surface area (Å²) < 4.78 is 39.0. The Morgan fingerprint density at radius 3 is 1.86 bits per heavy atom. The lowest BCUT2D eigenvalue weighted by atomic mass is 10.0. The Kier molecular flexibility index (Phi) is 8.43. The number of hydrogen-bond donors (Lipinski definition) is 1. The predicted molar refractivity (Wildman–Crippen MR) is 78.5 cm³/mol. The topological polar surface area (TPSA) is 20.2 Å². The van der Waals surface area contributed by atoms with Crippen LogP contribution in [0.5, 0.6) is 0 Å². The van der Waals surface area contributed by atoms with Gasteiger partial charge >= 0.3 is 0 Å². The number of aliphatic hydroxyl groups excluding tert-OH is 1. The zero-order valence-electron chi connectivity index (χ0n) is 12.7. The summed E-state index contributed by atoms with van der Waals surface area (Å²) in [6.45, 7) is 2.18. The minimum absolute atomic E-state index is 0.106. The van der Waals surface area contributed by atoms with Gasteiger partial charge in [-0.2, -0.15) is 0 Å². The Morgan fingerprint density at radius 2 is 1.33 bits per heavy atom. The Balaban J connectivity index is 2.23. The van der Waals surface area contributed by atoms with Crippen molar-refractivity contribution < 1.29 is 18.3 Å². The van der Waals surface area contributed by atoms with Gasteiger partial charge in [-0.15, -0.1) is 0 Å². The van der Waals surface area contributed by atoms with E-state index in [-0.39, 0.29) is 5.56 Å². The summed E-state index contributed by atoms with van der Waals surface area (Å²) in [5, 5.41) is 9.88. The zero-order valence-corrected chi connectivity index (χ0v) is 12.7. The van der Waals surface area contributed by atoms with Crippen molar-refractivity contribution in [1.29, 1.82) is 0 Å². The highest BCUT2D eigenvalue weighted by Gasteiger charge is 2.15. The van der Waals surface area contributed by atoms with Crippen LogP contribution in [-0.2, 0) is 0 Å². The van der Waals surface area contributed by atoms with Crippen LogP contribution in [0.25, 0.3) is 0 Å². The van der Waals surface area contributed by atoms with Gasteiger partial charge in [-0.1, -0.05) is 58.3 Å². The summed E-state index contributed by atoms with van der Waals surface area (Å²) in [4.78, 5) is 0. The third kappa shape index (κ3) is 6.51. The molecule has 0 heterocycles. The predicted octanol–water partition coefficient (Wildman–Crippen LogP) is 5.67. The van der Waals surface area contributed by atoms with E-state index in [1.54, 1.807) is 0 Å². The lowest BCUT2D eigenvalue weighted by Crippen LogP contribution is -2.01. The molecule has 0 aromatic heterocycles. The average molecular weight is 302 g/mol. The van der Waals surface area contributed by atoms with Crippen LogP contribution >= 0.6 is 0 Å². The summed E-state index contributed by atoms with van der Waals surface area (Å²) in [5.74, 6) is -3.99. The van der Waals surface area contributed by atoms with Crippen LogP contribution in [0.1, 0.15) is 76.4 Å². The van der Waals surface area contributed by atoms with Crippen molar-refractivity contribution in [2.75, 3.05) is 0 Å². The Hall–Kier alpha value is -1.03. The maximum atomic E-state index is 13.1. The smallest absolute Gasteiger partial charge is 0.194 e. The van der Waals surface area contributed by atoms with E-state index in [0.29, 0.717) is 6.42 Å². The molecule has 1 atom stereocenters. The molecule has 0 amide bonds. The highest BCUT2D eigenvalue weighted by molar-refractivity contribution is 5.21. The second-order valence-electron chi connectivity index (χ2n) is 5.58. The fourth-order valence-corrected chi connectivity index (χ4v) is 2.41. The van der Waals surface area contributed by atoms with Crippen LogP contribution in [0, 0.1) is 17.5 Å². The molecule has 0 saturated carbocycles. The van der Waals surface area contributed by atoms with Crippen LogP contribution in [-0.4, -0.2) is 5.11 Å². The van der Waals surface area contributed by atoms with E-state index in [0.717, 1.165) is 31.4 Å². The van der Waals surface area contributed by atoms with Crippen molar-refractivity contribution in [2.24, 2.45) is 0 Å². The number of unbranched alkanes of at least 4 members (excludes halogenated alkanes) is 7. The number of halogens is 3. The first kappa shape index (κ1) is 18.0. The molecule has 1 N–H and O–H groups in total. The van der Waals surface area contributed by atoms with Gasteiger partial charge in [0.2, 0.25) is 0 Å². The first-order valence-electron chi connectivity index (χ1n) is 7.88. The third-order valence-electron chi connectivity index (χ3n) is 3.72. The summed E-state index contributed by atoms with van der Waals surface area (Å²) in [7, 11) is 0. The molecule has 1 unspecified atom stereocenters. The van der Waals surface area contributed by atoms with Crippen molar-refractivity contribution in [3.05, 3.63) is 35.1 Å². The molecule has 1 aromatic carbocycles. The van der Waals surface area contributed by atoms with Crippen molar-refractivity contribution in [1.82, 2.24) is 0 Å². The first-order valence-corrected chi connectivity index (χ1v) is 7.88. The van der Waals surface area contributed by atoms with Gasteiger partial charge in [0.1, 0.15) is 0 Å². The average Bonchev–Trinajstić information content (AvgIpc) is 2.46. The zero-order chi connectivity index (χ0) is 15.7. The molecule has 120 valence electrons. The molecular formula is C17H25F3O. The van der Waals surface area contributed by atoms with E-state index in [2.05, 4.69) is 6.92 Å². The standard InChI is InChI=1S/C17H25F3O/c1-2-3-4-5-6-7-8-9-10-16(21)13-11-14(18)17(20)15(19)12-13/h11-12,16,21H,2-10H2,1H3. The normalized spacial score (nSPS) is 12.6. The van der Waals surface area contributed by atoms with E-state index >= 15 is 0 Å². The number of aliphatic hydroxyl groups is 1. The first-order chi connectivity index (χ1) is 10.1. The van der Waals surface area contributed by atoms with Crippen LogP contribution in [0.15, 0.2) is 12.1 Å². The van der Waals surface area contributed by atoms with Crippen LogP contribution in [0.3, 0.4) is 0 Å². The van der Waals surface area contributed by atoms with Crippen molar-refractivity contribution in [2.45, 2.75) is 70.8 Å². The lowest BCUT2D eigenvalue weighted by molar-refractivity contribution is 0.162. The van der Waals surface area contributed by atoms with E-state index in [1.807, 2.05) is 0 Å². The second kappa shape index (κ2) is 9.82. The largest absolute Gasteiger partial charge is 0.388 e. The number of benzene rings is 1. The molecule has 1 nitrogen and oxygen atoms in total. The molecule has 0 fully saturated rings. The van der Waals surface area contributed by atoms with Gasteiger partial charge in [0.25, 0.3) is 0 Å². The van der Waals surface area contributed by atoms with Gasteiger partial charge in [0.05, 0.1) is 6.10 Å². The maximum Gasteiger partial charge on any atom is 0.194 e. The minimum Gasteiger partial charge on any atom is -0.388 e. The lowest BCUT2D eigenvalue weighted by Gasteiger charge is -2.11. The molecular weight excluding hydrogens is 277 g/mol. The molecule has 1 aromatic rings. The summed E-state index contributed by atoms with van der Waals surface area (Å²) in [6, 6.07) is 1.74. The quantitative estimate of drug-likeness (QED) is 0.436. The SMILES string of the molecule is CCCCCCCCCCC(O)c1cc(F)c(F)c(F)c1. The molecule has 0 radical (unpaired) electrons. The van der Waals surface area contributed by atoms with Gasteiger partial charge in [-0.25, -0.2) is 13.2 Å². The third-order valence-corrected chi connectivity index (χ3v) is 3.72. The van der Waals surface area contributed by atoms with Gasteiger partial charge in [-0.05, 0) is 24.1 Å². The summed E-state index contributed by atoms with van der Waals surface area (Å²) in [5.41, 5.74) is 0.106. The van der Waals surface area contributed by atoms with E-state index in [1.165, 1.54) is 32.1 Å². The molecule has 0 spiro atoms. The molecule has 0 aliphatic carbocycles. The fraction of sp³-hybridized carbons (Fsp3) is 0.647. The molecule has 21 heavy (non-hydrogen) atoms. The van der Waals surface area contributed by atoms with Crippen molar-refractivity contribution >= 4 is 0 Å². The second-order valence-corrected chi connectivity index (χ2v) is 5.58. The van der Waals surface area contributed by atoms with Crippen molar-refractivity contribution in [3.63, 3.8) is 0 Å². The summed E-state index contributed by atoms with van der Waals surface area (Å²) >= 11 is 0. The minimum atomic E-state index is -1.49. The van der Waals surface area contributed by atoms with E-state index in [4.69, 9.17) is 0 Å². The monoisotopic (exact) mass is 302 g/mol. The molecule has 0 aliphatic heterocycles. The fourth-order valence-electron chi connectivity index (χ4n) is 2.41. The molecule has 0 bridgehead atoms. The number of rotatable bonds is 10. The summed E-state index contributed by atoms with van der Waals surface area (Å²) in [6.07, 6.45) is 8.63. The van der Waals surface area contributed by atoms with Crippen LogP contribution in [0.4, 0.5) is 13.2 Å². The Labute approximate surface area is 125 Å². The van der Waals surface area contributed by atoms with Gasteiger partial charge in [0, 0.05) is 0 Å². The van der Waals surface area contributed by atoms with E-state index in [9.17, 15) is 18.3 Å². The molecule has 0 saturated heterocycles. The van der Waals surface area contributed by atoms with Crippen molar-refractivity contribution in [3.8, 4) is 0 Å². The van der Waals surface area contributed by atoms with Gasteiger partial charge in [0.15, 0.2) is 17.5 Å².